The molecule has 0 spiro atoms. The van der Waals surface area contributed by atoms with Crippen LogP contribution in [0.3, 0.4) is 0 Å². The maximum atomic E-state index is 5.13. The van der Waals surface area contributed by atoms with Crippen LogP contribution in [0, 0.1) is 0 Å². The molecule has 2 atom stereocenters. The minimum absolute atomic E-state index is 0.655. The third kappa shape index (κ3) is 3.89. The normalized spacial score (nSPS) is 23.2. The molecule has 1 aliphatic rings. The van der Waals surface area contributed by atoms with Gasteiger partial charge in [-0.1, -0.05) is 13.0 Å². The summed E-state index contributed by atoms with van der Waals surface area (Å²) in [5.41, 5.74) is 1.06. The minimum atomic E-state index is 0.655. The predicted molar refractivity (Wildman–Crippen MR) is 77.2 cm³/mol. The first-order valence-electron chi connectivity index (χ1n) is 6.66. The van der Waals surface area contributed by atoms with E-state index in [0.717, 1.165) is 17.5 Å². The van der Waals surface area contributed by atoms with Crippen LogP contribution < -0.4 is 10.1 Å². The molecular formula is C14H22N2OS. The lowest BCUT2D eigenvalue weighted by molar-refractivity contribution is 0.395. The fraction of sp³-hybridized carbons (Fsp3) is 0.643. The Bertz CT molecular complexity index is 373. The van der Waals surface area contributed by atoms with E-state index in [2.05, 4.69) is 29.0 Å². The summed E-state index contributed by atoms with van der Waals surface area (Å²) in [6, 6.07) is 6.57. The van der Waals surface area contributed by atoms with Crippen molar-refractivity contribution in [3.63, 3.8) is 0 Å². The average molecular weight is 266 g/mol. The zero-order valence-electron chi connectivity index (χ0n) is 11.2. The van der Waals surface area contributed by atoms with Gasteiger partial charge in [-0.25, -0.2) is 4.98 Å². The Morgan fingerprint density at radius 1 is 1.44 bits per heavy atom. The van der Waals surface area contributed by atoms with E-state index in [9.17, 15) is 0 Å². The van der Waals surface area contributed by atoms with E-state index in [0.29, 0.717) is 11.9 Å². The van der Waals surface area contributed by atoms with E-state index in [1.165, 1.54) is 25.0 Å². The van der Waals surface area contributed by atoms with Crippen molar-refractivity contribution < 1.29 is 4.74 Å². The Labute approximate surface area is 114 Å². The Balaban J connectivity index is 1.78. The number of nitrogens with zero attached hydrogens (tertiary/aromatic N) is 1. The Morgan fingerprint density at radius 3 is 3.11 bits per heavy atom. The second-order valence-electron chi connectivity index (χ2n) is 4.64. The van der Waals surface area contributed by atoms with Gasteiger partial charge in [-0.2, -0.15) is 11.8 Å². The molecule has 0 aliphatic heterocycles. The van der Waals surface area contributed by atoms with Gasteiger partial charge in [0.25, 0.3) is 0 Å². The van der Waals surface area contributed by atoms with Crippen molar-refractivity contribution in [2.45, 2.75) is 44.0 Å². The largest absolute Gasteiger partial charge is 0.481 e. The smallest absolute Gasteiger partial charge is 0.213 e. The lowest BCUT2D eigenvalue weighted by Gasteiger charge is -2.13. The van der Waals surface area contributed by atoms with Gasteiger partial charge < -0.3 is 10.1 Å². The maximum Gasteiger partial charge on any atom is 0.213 e. The van der Waals surface area contributed by atoms with Gasteiger partial charge >= 0.3 is 0 Å². The molecular weight excluding hydrogens is 244 g/mol. The van der Waals surface area contributed by atoms with Crippen LogP contribution in [0.15, 0.2) is 18.2 Å². The van der Waals surface area contributed by atoms with Gasteiger partial charge in [0.2, 0.25) is 5.88 Å². The molecule has 100 valence electrons. The summed E-state index contributed by atoms with van der Waals surface area (Å²) >= 11 is 2.09. The highest BCUT2D eigenvalue weighted by Crippen LogP contribution is 2.29. The van der Waals surface area contributed by atoms with Crippen molar-refractivity contribution in [1.29, 1.82) is 0 Å². The molecule has 0 radical (unpaired) electrons. The first-order valence-corrected chi connectivity index (χ1v) is 7.71. The molecule has 0 unspecified atom stereocenters. The number of aromatic nitrogens is 1. The molecule has 0 bridgehead atoms. The third-order valence-corrected chi connectivity index (χ3v) is 4.58. The van der Waals surface area contributed by atoms with E-state index in [1.54, 1.807) is 7.11 Å². The summed E-state index contributed by atoms with van der Waals surface area (Å²) in [5, 5.41) is 4.46. The molecule has 1 saturated carbocycles. The van der Waals surface area contributed by atoms with Crippen LogP contribution in [-0.4, -0.2) is 29.1 Å². The van der Waals surface area contributed by atoms with E-state index >= 15 is 0 Å². The number of rotatable bonds is 6. The number of pyridine rings is 1. The summed E-state index contributed by atoms with van der Waals surface area (Å²) < 4.78 is 5.13. The molecule has 3 nitrogen and oxygen atoms in total. The van der Waals surface area contributed by atoms with E-state index in [4.69, 9.17) is 4.74 Å². The van der Waals surface area contributed by atoms with E-state index in [-0.39, 0.29) is 0 Å². The van der Waals surface area contributed by atoms with Crippen molar-refractivity contribution in [3.05, 3.63) is 23.9 Å². The van der Waals surface area contributed by atoms with E-state index < -0.39 is 0 Å². The number of hydrogen-bond donors (Lipinski definition) is 1. The lowest BCUT2D eigenvalue weighted by atomic mass is 10.2. The lowest BCUT2D eigenvalue weighted by Crippen LogP contribution is -2.26. The second-order valence-corrected chi connectivity index (χ2v) is 6.22. The number of thioether (sulfide) groups is 1. The molecule has 1 aromatic rings. The van der Waals surface area contributed by atoms with Gasteiger partial charge in [0, 0.05) is 23.9 Å². The van der Waals surface area contributed by atoms with Crippen LogP contribution in [-0.2, 0) is 6.54 Å². The Kier molecular flexibility index (Phi) is 5.32. The Hall–Kier alpha value is -0.740. The van der Waals surface area contributed by atoms with Crippen molar-refractivity contribution >= 4 is 11.8 Å². The quantitative estimate of drug-likeness (QED) is 0.858. The van der Waals surface area contributed by atoms with Gasteiger partial charge in [-0.05, 0) is 31.1 Å². The molecule has 2 rings (SSSR count). The molecule has 0 saturated heterocycles. The molecule has 1 heterocycles. The number of hydrogen-bond acceptors (Lipinski definition) is 4. The molecule has 1 aromatic heterocycles. The van der Waals surface area contributed by atoms with Gasteiger partial charge in [-0.15, -0.1) is 0 Å². The fourth-order valence-electron chi connectivity index (χ4n) is 2.43. The summed E-state index contributed by atoms with van der Waals surface area (Å²) in [4.78, 5) is 4.42. The highest BCUT2D eigenvalue weighted by molar-refractivity contribution is 7.99. The topological polar surface area (TPSA) is 34.1 Å². The Morgan fingerprint density at radius 2 is 2.33 bits per heavy atom. The summed E-state index contributed by atoms with van der Waals surface area (Å²) in [7, 11) is 1.66. The molecule has 0 aromatic carbocycles. The zero-order chi connectivity index (χ0) is 12.8. The van der Waals surface area contributed by atoms with Gasteiger partial charge in [0.15, 0.2) is 0 Å². The van der Waals surface area contributed by atoms with Gasteiger partial charge in [-0.3, -0.25) is 0 Å². The number of ether oxygens (including phenoxy) is 1. The van der Waals surface area contributed by atoms with Crippen LogP contribution in [0.4, 0.5) is 0 Å². The van der Waals surface area contributed by atoms with Crippen molar-refractivity contribution in [2.24, 2.45) is 0 Å². The van der Waals surface area contributed by atoms with Crippen LogP contribution >= 0.6 is 11.8 Å². The zero-order valence-corrected chi connectivity index (χ0v) is 12.0. The van der Waals surface area contributed by atoms with Crippen LogP contribution in [0.25, 0.3) is 0 Å². The average Bonchev–Trinajstić information content (AvgIpc) is 2.85. The number of nitrogens with one attached hydrogen (secondary N) is 1. The van der Waals surface area contributed by atoms with Crippen molar-refractivity contribution in [2.75, 3.05) is 12.9 Å². The first kappa shape index (κ1) is 13.7. The fourth-order valence-corrected chi connectivity index (χ4v) is 3.57. The van der Waals surface area contributed by atoms with Crippen molar-refractivity contribution in [3.8, 4) is 5.88 Å². The third-order valence-electron chi connectivity index (χ3n) is 3.35. The molecule has 4 heteroatoms. The maximum absolute atomic E-state index is 5.13. The van der Waals surface area contributed by atoms with Crippen LogP contribution in [0.1, 0.15) is 31.9 Å². The predicted octanol–water partition coefficient (Wildman–Crippen LogP) is 2.85. The van der Waals surface area contributed by atoms with Gasteiger partial charge in [0.1, 0.15) is 0 Å². The summed E-state index contributed by atoms with van der Waals surface area (Å²) in [6.45, 7) is 3.08. The van der Waals surface area contributed by atoms with Crippen LogP contribution in [0.5, 0.6) is 5.88 Å². The van der Waals surface area contributed by atoms with Crippen molar-refractivity contribution in [1.82, 2.24) is 10.3 Å². The SMILES string of the molecule is CCS[C@@H]1CC[C@H](NCc2cccc(OC)n2)C1. The summed E-state index contributed by atoms with van der Waals surface area (Å²) in [6.07, 6.45) is 3.94. The van der Waals surface area contributed by atoms with Gasteiger partial charge in [0.05, 0.1) is 12.8 Å². The molecule has 1 fully saturated rings. The highest BCUT2D eigenvalue weighted by Gasteiger charge is 2.23. The molecule has 0 amide bonds. The first-order chi connectivity index (χ1) is 8.81. The summed E-state index contributed by atoms with van der Waals surface area (Å²) in [5.74, 6) is 1.93. The highest BCUT2D eigenvalue weighted by atomic mass is 32.2. The number of methoxy groups -OCH3 is 1. The second kappa shape index (κ2) is 7.00. The van der Waals surface area contributed by atoms with E-state index in [1.807, 2.05) is 18.2 Å². The minimum Gasteiger partial charge on any atom is -0.481 e. The molecule has 1 N–H and O–H groups in total. The standard InChI is InChI=1S/C14H22N2OS/c1-3-18-13-8-7-11(9-13)15-10-12-5-4-6-14(16-12)17-2/h4-6,11,13,15H,3,7-10H2,1-2H3/t11-,13+/m0/s1. The molecule has 1 aliphatic carbocycles. The molecule has 18 heavy (non-hydrogen) atoms. The monoisotopic (exact) mass is 266 g/mol. The van der Waals surface area contributed by atoms with Crippen LogP contribution in [0.2, 0.25) is 0 Å².